The minimum atomic E-state index is -0.209. The van der Waals surface area contributed by atoms with Gasteiger partial charge in [0.1, 0.15) is 0 Å². The fraction of sp³-hybridized carbons (Fsp3) is 0.176. The molecule has 0 heterocycles. The van der Waals surface area contributed by atoms with Crippen LogP contribution in [0.2, 0.25) is 0 Å². The first-order valence-electron chi connectivity index (χ1n) is 6.76. The van der Waals surface area contributed by atoms with E-state index in [-0.39, 0.29) is 18.5 Å². The van der Waals surface area contributed by atoms with Gasteiger partial charge in [-0.15, -0.1) is 0 Å². The van der Waals surface area contributed by atoms with Crippen molar-refractivity contribution in [3.63, 3.8) is 0 Å². The van der Waals surface area contributed by atoms with Crippen molar-refractivity contribution in [3.8, 4) is 0 Å². The largest absolute Gasteiger partial charge is 0.335 e. The molecule has 0 bridgehead atoms. The topological polar surface area (TPSA) is 58.2 Å². The van der Waals surface area contributed by atoms with Crippen LogP contribution in [-0.4, -0.2) is 18.5 Å². The molecule has 0 unspecified atom stereocenters. The Labute approximate surface area is 124 Å². The van der Waals surface area contributed by atoms with Gasteiger partial charge in [-0.2, -0.15) is 0 Å². The third-order valence-electron chi connectivity index (χ3n) is 3.13. The molecule has 2 aromatic rings. The summed E-state index contributed by atoms with van der Waals surface area (Å²) in [6, 6.07) is 14.5. The van der Waals surface area contributed by atoms with Gasteiger partial charge in [-0.1, -0.05) is 35.4 Å². The van der Waals surface area contributed by atoms with E-state index >= 15 is 0 Å². The van der Waals surface area contributed by atoms with Crippen LogP contribution in [0.5, 0.6) is 0 Å². The number of hydrogen-bond donors (Lipinski definition) is 2. The van der Waals surface area contributed by atoms with E-state index in [4.69, 9.17) is 0 Å². The zero-order valence-electron chi connectivity index (χ0n) is 12.1. The van der Waals surface area contributed by atoms with Gasteiger partial charge in [-0.05, 0) is 38.1 Å². The molecule has 2 rings (SSSR count). The summed E-state index contributed by atoms with van der Waals surface area (Å²) in [4.78, 5) is 23.7. The van der Waals surface area contributed by atoms with Gasteiger partial charge >= 0.3 is 0 Å². The quantitative estimate of drug-likeness (QED) is 0.846. The van der Waals surface area contributed by atoms with Gasteiger partial charge in [0.25, 0.3) is 11.8 Å². The van der Waals surface area contributed by atoms with Crippen molar-refractivity contribution in [2.45, 2.75) is 13.8 Å². The Balaban J connectivity index is 1.83. The van der Waals surface area contributed by atoms with Crippen LogP contribution in [0.3, 0.4) is 0 Å². The third kappa shape index (κ3) is 4.18. The summed E-state index contributed by atoms with van der Waals surface area (Å²) in [7, 11) is 0. The van der Waals surface area contributed by atoms with Crippen molar-refractivity contribution in [3.05, 3.63) is 70.8 Å². The summed E-state index contributed by atoms with van der Waals surface area (Å²) in [6.07, 6.45) is 0. The lowest BCUT2D eigenvalue weighted by atomic mass is 10.1. The van der Waals surface area contributed by atoms with Crippen molar-refractivity contribution in [2.75, 3.05) is 6.67 Å². The van der Waals surface area contributed by atoms with Crippen LogP contribution in [-0.2, 0) is 0 Å². The van der Waals surface area contributed by atoms with E-state index in [1.54, 1.807) is 24.3 Å². The van der Waals surface area contributed by atoms with Crippen molar-refractivity contribution >= 4 is 11.8 Å². The fourth-order valence-corrected chi connectivity index (χ4v) is 1.82. The summed E-state index contributed by atoms with van der Waals surface area (Å²) in [5.74, 6) is -0.418. The van der Waals surface area contributed by atoms with Crippen LogP contribution >= 0.6 is 0 Å². The Kier molecular flexibility index (Phi) is 4.72. The SMILES string of the molecule is Cc1ccc(C(=O)NCNC(=O)c2ccc(C)cc2)cc1. The lowest BCUT2D eigenvalue weighted by Gasteiger charge is -2.08. The summed E-state index contributed by atoms with van der Waals surface area (Å²) in [5.41, 5.74) is 3.34. The minimum Gasteiger partial charge on any atom is -0.335 e. The second-order valence-corrected chi connectivity index (χ2v) is 4.92. The number of amides is 2. The number of carbonyl (C=O) groups is 2. The molecule has 2 N–H and O–H groups in total. The first kappa shape index (κ1) is 14.8. The number of nitrogens with one attached hydrogen (secondary N) is 2. The number of benzene rings is 2. The van der Waals surface area contributed by atoms with Gasteiger partial charge in [-0.3, -0.25) is 9.59 Å². The molecular weight excluding hydrogens is 264 g/mol. The van der Waals surface area contributed by atoms with Gasteiger partial charge in [0.05, 0.1) is 6.67 Å². The van der Waals surface area contributed by atoms with Crippen LogP contribution in [0, 0.1) is 13.8 Å². The third-order valence-corrected chi connectivity index (χ3v) is 3.13. The molecular formula is C17H18N2O2. The first-order valence-corrected chi connectivity index (χ1v) is 6.76. The molecule has 0 radical (unpaired) electrons. The number of hydrogen-bond acceptors (Lipinski definition) is 2. The Bertz CT molecular complexity index is 573. The standard InChI is InChI=1S/C17H18N2O2/c1-12-3-7-14(8-4-12)16(20)18-11-19-17(21)15-9-5-13(2)6-10-15/h3-10H,11H2,1-2H3,(H,18,20)(H,19,21). The Morgan fingerprint density at radius 1 is 0.714 bits per heavy atom. The summed E-state index contributed by atoms with van der Waals surface area (Å²) in [6.45, 7) is 4.02. The van der Waals surface area contributed by atoms with Crippen molar-refractivity contribution < 1.29 is 9.59 Å². The average Bonchev–Trinajstić information content (AvgIpc) is 2.48. The maximum atomic E-state index is 11.9. The predicted octanol–water partition coefficient (Wildman–Crippen LogP) is 2.42. The molecule has 4 nitrogen and oxygen atoms in total. The van der Waals surface area contributed by atoms with Crippen LogP contribution in [0.25, 0.3) is 0 Å². The second kappa shape index (κ2) is 6.70. The highest BCUT2D eigenvalue weighted by molar-refractivity contribution is 5.96. The smallest absolute Gasteiger partial charge is 0.252 e. The van der Waals surface area contributed by atoms with Crippen molar-refractivity contribution in [1.29, 1.82) is 0 Å². The van der Waals surface area contributed by atoms with Gasteiger partial charge in [0, 0.05) is 11.1 Å². The normalized spacial score (nSPS) is 10.0. The van der Waals surface area contributed by atoms with Gasteiger partial charge in [-0.25, -0.2) is 0 Å². The molecule has 2 amide bonds. The van der Waals surface area contributed by atoms with E-state index < -0.39 is 0 Å². The molecule has 0 atom stereocenters. The van der Waals surface area contributed by atoms with E-state index in [0.717, 1.165) is 11.1 Å². The van der Waals surface area contributed by atoms with E-state index in [2.05, 4.69) is 10.6 Å². The van der Waals surface area contributed by atoms with E-state index in [0.29, 0.717) is 11.1 Å². The molecule has 0 spiro atoms. The molecule has 0 saturated heterocycles. The van der Waals surface area contributed by atoms with Gasteiger partial charge < -0.3 is 10.6 Å². The highest BCUT2D eigenvalue weighted by Crippen LogP contribution is 2.03. The highest BCUT2D eigenvalue weighted by Gasteiger charge is 2.07. The molecule has 0 aliphatic rings. The van der Waals surface area contributed by atoms with Crippen LogP contribution in [0.4, 0.5) is 0 Å². The molecule has 21 heavy (non-hydrogen) atoms. The summed E-state index contributed by atoms with van der Waals surface area (Å²) in [5, 5.41) is 5.32. The van der Waals surface area contributed by atoms with Gasteiger partial charge in [0.15, 0.2) is 0 Å². The molecule has 108 valence electrons. The predicted molar refractivity (Wildman–Crippen MR) is 82.2 cm³/mol. The molecule has 0 saturated carbocycles. The molecule has 0 aliphatic heterocycles. The highest BCUT2D eigenvalue weighted by atomic mass is 16.2. The maximum absolute atomic E-state index is 11.9. The zero-order valence-corrected chi connectivity index (χ0v) is 12.1. The molecule has 0 fully saturated rings. The number of rotatable bonds is 4. The van der Waals surface area contributed by atoms with Gasteiger partial charge in [0.2, 0.25) is 0 Å². The molecule has 4 heteroatoms. The van der Waals surface area contributed by atoms with Crippen molar-refractivity contribution in [2.24, 2.45) is 0 Å². The average molecular weight is 282 g/mol. The summed E-state index contributed by atoms with van der Waals surface area (Å²) < 4.78 is 0. The molecule has 0 aliphatic carbocycles. The molecule has 2 aromatic carbocycles. The molecule has 0 aromatic heterocycles. The van der Waals surface area contributed by atoms with Crippen LogP contribution in [0.15, 0.2) is 48.5 Å². The van der Waals surface area contributed by atoms with E-state index in [9.17, 15) is 9.59 Å². The van der Waals surface area contributed by atoms with Crippen LogP contribution < -0.4 is 10.6 Å². The van der Waals surface area contributed by atoms with Crippen molar-refractivity contribution in [1.82, 2.24) is 10.6 Å². The monoisotopic (exact) mass is 282 g/mol. The lowest BCUT2D eigenvalue weighted by molar-refractivity contribution is 0.0920. The van der Waals surface area contributed by atoms with E-state index in [1.807, 2.05) is 38.1 Å². The Hall–Kier alpha value is -2.62. The van der Waals surface area contributed by atoms with E-state index in [1.165, 1.54) is 0 Å². The minimum absolute atomic E-state index is 0.0966. The zero-order chi connectivity index (χ0) is 15.2. The number of aryl methyl sites for hydroxylation is 2. The first-order chi connectivity index (χ1) is 10.1. The fourth-order valence-electron chi connectivity index (χ4n) is 1.82. The summed E-state index contributed by atoms with van der Waals surface area (Å²) >= 11 is 0. The second-order valence-electron chi connectivity index (χ2n) is 4.92. The Morgan fingerprint density at radius 2 is 1.05 bits per heavy atom. The number of carbonyl (C=O) groups excluding carboxylic acids is 2. The Morgan fingerprint density at radius 3 is 1.38 bits per heavy atom. The van der Waals surface area contributed by atoms with Crippen LogP contribution in [0.1, 0.15) is 31.8 Å². The maximum Gasteiger partial charge on any atom is 0.252 e. The lowest BCUT2D eigenvalue weighted by Crippen LogP contribution is -2.37.